The lowest BCUT2D eigenvalue weighted by Crippen LogP contribution is -2.42. The molecule has 1 rings (SSSR count). The van der Waals surface area contributed by atoms with Gasteiger partial charge in [0.05, 0.1) is 11.0 Å². The van der Waals surface area contributed by atoms with Crippen LogP contribution < -0.4 is 5.73 Å². The Morgan fingerprint density at radius 2 is 1.94 bits per heavy atom. The zero-order chi connectivity index (χ0) is 12.3. The van der Waals surface area contributed by atoms with E-state index in [1.165, 1.54) is 4.90 Å². The van der Waals surface area contributed by atoms with Crippen LogP contribution in [0.2, 0.25) is 0 Å². The molecular formula is C11H13BrN2OS. The third-order valence-corrected chi connectivity index (χ3v) is 3.27. The molecule has 0 spiro atoms. The maximum absolute atomic E-state index is 12.0. The van der Waals surface area contributed by atoms with Crippen LogP contribution in [0.1, 0.15) is 17.3 Å². The summed E-state index contributed by atoms with van der Waals surface area (Å²) in [4.78, 5) is 13.8. The van der Waals surface area contributed by atoms with Gasteiger partial charge >= 0.3 is 0 Å². The normalized spacial score (nSPS) is 11.9. The third-order valence-electron chi connectivity index (χ3n) is 2.40. The van der Waals surface area contributed by atoms with E-state index in [0.717, 1.165) is 4.47 Å². The van der Waals surface area contributed by atoms with Crippen molar-refractivity contribution in [3.63, 3.8) is 0 Å². The molecule has 16 heavy (non-hydrogen) atoms. The Morgan fingerprint density at radius 1 is 1.44 bits per heavy atom. The summed E-state index contributed by atoms with van der Waals surface area (Å²) in [7, 11) is 1.69. The molecule has 2 N–H and O–H groups in total. The second-order valence-corrected chi connectivity index (χ2v) is 4.89. The molecule has 1 unspecified atom stereocenters. The largest absolute Gasteiger partial charge is 0.392 e. The number of benzene rings is 1. The number of amides is 1. The van der Waals surface area contributed by atoms with Crippen molar-refractivity contribution in [1.82, 2.24) is 4.90 Å². The van der Waals surface area contributed by atoms with Crippen LogP contribution in [0.15, 0.2) is 28.7 Å². The first-order valence-electron chi connectivity index (χ1n) is 4.75. The second-order valence-electron chi connectivity index (χ2n) is 3.50. The molecule has 1 aromatic carbocycles. The highest BCUT2D eigenvalue weighted by atomic mass is 79.9. The van der Waals surface area contributed by atoms with E-state index in [0.29, 0.717) is 10.6 Å². The monoisotopic (exact) mass is 300 g/mol. The van der Waals surface area contributed by atoms with E-state index in [1.54, 1.807) is 26.1 Å². The number of thiocarbonyl (C=S) groups is 1. The van der Waals surface area contributed by atoms with Gasteiger partial charge < -0.3 is 10.6 Å². The SMILES string of the molecule is CC(C(N)=S)N(C)C(=O)c1ccc(Br)cc1. The highest BCUT2D eigenvalue weighted by Gasteiger charge is 2.18. The Hall–Kier alpha value is -0.940. The van der Waals surface area contributed by atoms with Crippen LogP contribution in [0.4, 0.5) is 0 Å². The molecule has 0 radical (unpaired) electrons. The van der Waals surface area contributed by atoms with Crippen LogP contribution in [0.5, 0.6) is 0 Å². The Morgan fingerprint density at radius 3 is 2.38 bits per heavy atom. The maximum atomic E-state index is 12.0. The molecule has 3 nitrogen and oxygen atoms in total. The van der Waals surface area contributed by atoms with Gasteiger partial charge in [0.2, 0.25) is 0 Å². The van der Waals surface area contributed by atoms with Crippen LogP contribution >= 0.6 is 28.1 Å². The molecular weight excluding hydrogens is 288 g/mol. The van der Waals surface area contributed by atoms with E-state index in [2.05, 4.69) is 15.9 Å². The molecule has 5 heteroatoms. The van der Waals surface area contributed by atoms with Crippen molar-refractivity contribution in [2.24, 2.45) is 5.73 Å². The van der Waals surface area contributed by atoms with E-state index < -0.39 is 0 Å². The summed E-state index contributed by atoms with van der Waals surface area (Å²) in [6.07, 6.45) is 0. The van der Waals surface area contributed by atoms with E-state index in [9.17, 15) is 4.79 Å². The minimum Gasteiger partial charge on any atom is -0.392 e. The van der Waals surface area contributed by atoms with E-state index >= 15 is 0 Å². The lowest BCUT2D eigenvalue weighted by molar-refractivity contribution is 0.0779. The predicted molar refractivity (Wildman–Crippen MR) is 72.5 cm³/mol. The number of rotatable bonds is 3. The lowest BCUT2D eigenvalue weighted by Gasteiger charge is -2.23. The molecule has 0 saturated heterocycles. The lowest BCUT2D eigenvalue weighted by atomic mass is 10.2. The Labute approximate surface area is 109 Å². The van der Waals surface area contributed by atoms with Crippen LogP contribution in [0.25, 0.3) is 0 Å². The Balaban J connectivity index is 2.86. The first kappa shape index (κ1) is 13.1. The number of nitrogens with two attached hydrogens (primary N) is 1. The van der Waals surface area contributed by atoms with E-state index in [4.69, 9.17) is 18.0 Å². The second kappa shape index (κ2) is 5.41. The topological polar surface area (TPSA) is 46.3 Å². The molecule has 0 aliphatic rings. The van der Waals surface area contributed by atoms with Gasteiger partial charge in [-0.2, -0.15) is 0 Å². The molecule has 1 amide bonds. The van der Waals surface area contributed by atoms with E-state index in [1.807, 2.05) is 12.1 Å². The molecule has 0 bridgehead atoms. The number of hydrogen-bond donors (Lipinski definition) is 1. The van der Waals surface area contributed by atoms with Gasteiger partial charge in [-0.1, -0.05) is 28.1 Å². The van der Waals surface area contributed by atoms with Crippen LogP contribution in [-0.4, -0.2) is 28.9 Å². The van der Waals surface area contributed by atoms with Crippen molar-refractivity contribution in [3.05, 3.63) is 34.3 Å². The quantitative estimate of drug-likeness (QED) is 0.871. The van der Waals surface area contributed by atoms with Crippen molar-refractivity contribution in [1.29, 1.82) is 0 Å². The zero-order valence-electron chi connectivity index (χ0n) is 9.11. The van der Waals surface area contributed by atoms with Crippen molar-refractivity contribution < 1.29 is 4.79 Å². The van der Waals surface area contributed by atoms with Crippen molar-refractivity contribution >= 4 is 39.0 Å². The molecule has 0 aliphatic heterocycles. The smallest absolute Gasteiger partial charge is 0.254 e. The van der Waals surface area contributed by atoms with Crippen molar-refractivity contribution in [2.45, 2.75) is 13.0 Å². The van der Waals surface area contributed by atoms with Crippen molar-refractivity contribution in [3.8, 4) is 0 Å². The van der Waals surface area contributed by atoms with Gasteiger partial charge in [0.25, 0.3) is 5.91 Å². The van der Waals surface area contributed by atoms with Gasteiger partial charge in [0.1, 0.15) is 0 Å². The fourth-order valence-electron chi connectivity index (χ4n) is 1.16. The van der Waals surface area contributed by atoms with Crippen LogP contribution in [0.3, 0.4) is 0 Å². The van der Waals surface area contributed by atoms with Gasteiger partial charge in [-0.05, 0) is 31.2 Å². The number of halogens is 1. The Kier molecular flexibility index (Phi) is 4.44. The molecule has 1 aromatic rings. The molecule has 0 aliphatic carbocycles. The summed E-state index contributed by atoms with van der Waals surface area (Å²) < 4.78 is 0.939. The summed E-state index contributed by atoms with van der Waals surface area (Å²) in [6.45, 7) is 1.80. The average molecular weight is 301 g/mol. The first-order chi connectivity index (χ1) is 7.43. The number of carbonyl (C=O) groups is 1. The molecule has 1 atom stereocenters. The predicted octanol–water partition coefficient (Wildman–Crippen LogP) is 2.20. The maximum Gasteiger partial charge on any atom is 0.254 e. The molecule has 0 heterocycles. The van der Waals surface area contributed by atoms with Gasteiger partial charge in [0.15, 0.2) is 0 Å². The summed E-state index contributed by atoms with van der Waals surface area (Å²) in [5.41, 5.74) is 6.13. The van der Waals surface area contributed by atoms with Gasteiger partial charge in [-0.25, -0.2) is 0 Å². The third kappa shape index (κ3) is 3.02. The molecule has 0 fully saturated rings. The molecule has 0 aromatic heterocycles. The fraction of sp³-hybridized carbons (Fsp3) is 0.273. The summed E-state index contributed by atoms with van der Waals surface area (Å²) in [5.74, 6) is -0.0900. The van der Waals surface area contributed by atoms with Gasteiger partial charge in [-0.3, -0.25) is 4.79 Å². The molecule has 0 saturated carbocycles. The van der Waals surface area contributed by atoms with E-state index in [-0.39, 0.29) is 11.9 Å². The fourth-order valence-corrected chi connectivity index (χ4v) is 1.59. The summed E-state index contributed by atoms with van der Waals surface area (Å²) in [6, 6.07) is 6.93. The summed E-state index contributed by atoms with van der Waals surface area (Å²) in [5, 5.41) is 0. The van der Waals surface area contributed by atoms with Crippen LogP contribution in [-0.2, 0) is 0 Å². The highest BCUT2D eigenvalue weighted by Crippen LogP contribution is 2.12. The van der Waals surface area contributed by atoms with Crippen LogP contribution in [0, 0.1) is 0 Å². The number of nitrogens with zero attached hydrogens (tertiary/aromatic N) is 1. The summed E-state index contributed by atoms with van der Waals surface area (Å²) >= 11 is 8.18. The van der Waals surface area contributed by atoms with Gasteiger partial charge in [0, 0.05) is 17.1 Å². The number of likely N-dealkylation sites (N-methyl/N-ethyl adjacent to an activating group) is 1. The minimum atomic E-state index is -0.244. The average Bonchev–Trinajstić information content (AvgIpc) is 2.27. The zero-order valence-corrected chi connectivity index (χ0v) is 11.5. The van der Waals surface area contributed by atoms with Gasteiger partial charge in [-0.15, -0.1) is 0 Å². The molecule has 86 valence electrons. The standard InChI is InChI=1S/C11H13BrN2OS/c1-7(10(13)16)14(2)11(15)8-3-5-9(12)6-4-8/h3-7H,1-2H3,(H2,13,16). The number of hydrogen-bond acceptors (Lipinski definition) is 2. The number of carbonyl (C=O) groups excluding carboxylic acids is 1. The first-order valence-corrected chi connectivity index (χ1v) is 5.95. The minimum absolute atomic E-state index is 0.0900. The highest BCUT2D eigenvalue weighted by molar-refractivity contribution is 9.10. The van der Waals surface area contributed by atoms with Crippen molar-refractivity contribution in [2.75, 3.05) is 7.05 Å². The Bertz CT molecular complexity index is 405.